The Hall–Kier alpha value is -3.26. The molecule has 31 heavy (non-hydrogen) atoms. The van der Waals surface area contributed by atoms with Crippen LogP contribution in [0.5, 0.6) is 5.75 Å². The highest BCUT2D eigenvalue weighted by atomic mass is 16.5. The summed E-state index contributed by atoms with van der Waals surface area (Å²) in [7, 11) is 1.60. The summed E-state index contributed by atoms with van der Waals surface area (Å²) in [4.78, 5) is 13.6. The largest absolute Gasteiger partial charge is 0.494 e. The first-order valence-electron chi connectivity index (χ1n) is 10.4. The number of hydrogen-bond acceptors (Lipinski definition) is 6. The summed E-state index contributed by atoms with van der Waals surface area (Å²) in [6.07, 6.45) is 5.65. The minimum Gasteiger partial charge on any atom is -0.494 e. The van der Waals surface area contributed by atoms with Crippen LogP contribution < -0.4 is 10.5 Å². The molecule has 1 fully saturated rings. The Morgan fingerprint density at radius 2 is 2.06 bits per heavy atom. The maximum atomic E-state index is 9.96. The Balaban J connectivity index is 1.44. The van der Waals surface area contributed by atoms with Crippen LogP contribution in [-0.2, 0) is 6.42 Å². The Kier molecular flexibility index (Phi) is 5.73. The molecule has 0 saturated heterocycles. The van der Waals surface area contributed by atoms with Crippen molar-refractivity contribution in [2.75, 3.05) is 7.11 Å². The van der Waals surface area contributed by atoms with Gasteiger partial charge in [-0.2, -0.15) is 5.10 Å². The second-order valence-electron chi connectivity index (χ2n) is 8.62. The van der Waals surface area contributed by atoms with Crippen LogP contribution in [0, 0.1) is 0 Å². The molecule has 2 aromatic heterocycles. The van der Waals surface area contributed by atoms with Gasteiger partial charge in [-0.1, -0.05) is 12.1 Å². The maximum absolute atomic E-state index is 9.96. The lowest BCUT2D eigenvalue weighted by atomic mass is 9.72. The van der Waals surface area contributed by atoms with Gasteiger partial charge in [-0.05, 0) is 50.5 Å². The van der Waals surface area contributed by atoms with Crippen LogP contribution in [0.1, 0.15) is 55.6 Å². The zero-order valence-corrected chi connectivity index (χ0v) is 18.0. The second kappa shape index (κ2) is 8.47. The summed E-state index contributed by atoms with van der Waals surface area (Å²) in [5.74, 6) is 2.79. The number of nitrogens with one attached hydrogen (secondary N) is 1. The number of benzene rings is 1. The molecule has 8 nitrogen and oxygen atoms in total. The van der Waals surface area contributed by atoms with E-state index in [-0.39, 0.29) is 0 Å². The summed E-state index contributed by atoms with van der Waals surface area (Å²) in [6.45, 7) is 3.61. The summed E-state index contributed by atoms with van der Waals surface area (Å²) in [5.41, 5.74) is 8.29. The molecule has 1 aliphatic carbocycles. The maximum Gasteiger partial charge on any atom is 0.183 e. The molecule has 0 atom stereocenters. The quantitative estimate of drug-likeness (QED) is 0.397. The van der Waals surface area contributed by atoms with Gasteiger partial charge in [0.1, 0.15) is 17.3 Å². The van der Waals surface area contributed by atoms with Crippen molar-refractivity contribution in [1.82, 2.24) is 20.2 Å². The Morgan fingerprint density at radius 3 is 2.71 bits per heavy atom. The van der Waals surface area contributed by atoms with Crippen LogP contribution in [0.4, 0.5) is 5.69 Å². The molecule has 0 spiro atoms. The van der Waals surface area contributed by atoms with Gasteiger partial charge >= 0.3 is 0 Å². The number of rotatable bonds is 7. The standard InChI is InChI=1S/C23H28N6O2/c1-23(2,30)11-14-7-8-18(25-12-14)15-9-16(10-15)21-27-22(29-28-21)17-5-4-6-19(31-3)20(17)26-13-24/h4-8,12-13,15-16,30H,9-11H2,1-3H3,(H2,24,26)(H,27,28,29). The monoisotopic (exact) mass is 420 g/mol. The molecule has 1 saturated carbocycles. The topological polar surface area (TPSA) is 122 Å². The van der Waals surface area contributed by atoms with Crippen molar-refractivity contribution >= 4 is 12.0 Å². The van der Waals surface area contributed by atoms with E-state index >= 15 is 0 Å². The summed E-state index contributed by atoms with van der Waals surface area (Å²) in [5, 5.41) is 17.5. The summed E-state index contributed by atoms with van der Waals surface area (Å²) in [6, 6.07) is 9.74. The average molecular weight is 421 g/mol. The number of nitrogens with two attached hydrogens (primary N) is 1. The molecular weight excluding hydrogens is 392 g/mol. The average Bonchev–Trinajstić information content (AvgIpc) is 3.17. The van der Waals surface area contributed by atoms with E-state index in [4.69, 9.17) is 15.5 Å². The third kappa shape index (κ3) is 4.59. The molecule has 0 bridgehead atoms. The lowest BCUT2D eigenvalue weighted by Gasteiger charge is -2.33. The molecule has 4 rings (SSSR count). The van der Waals surface area contributed by atoms with Crippen LogP contribution in [0.3, 0.4) is 0 Å². The van der Waals surface area contributed by atoms with Gasteiger partial charge < -0.3 is 15.6 Å². The summed E-state index contributed by atoms with van der Waals surface area (Å²) < 4.78 is 5.39. The summed E-state index contributed by atoms with van der Waals surface area (Å²) >= 11 is 0. The molecule has 3 aromatic rings. The molecule has 162 valence electrons. The van der Waals surface area contributed by atoms with Gasteiger partial charge in [-0.25, -0.2) is 9.98 Å². The van der Waals surface area contributed by atoms with Crippen molar-refractivity contribution in [3.8, 4) is 17.1 Å². The Bertz CT molecular complexity index is 1060. The fraction of sp³-hybridized carbons (Fsp3) is 0.391. The van der Waals surface area contributed by atoms with E-state index in [1.807, 2.05) is 24.4 Å². The van der Waals surface area contributed by atoms with Crippen molar-refractivity contribution in [2.45, 2.75) is 50.5 Å². The minimum atomic E-state index is -0.729. The number of H-pyrrole nitrogens is 1. The molecule has 8 heteroatoms. The number of hydrogen-bond donors (Lipinski definition) is 3. The van der Waals surface area contributed by atoms with Crippen molar-refractivity contribution in [3.05, 3.63) is 53.6 Å². The van der Waals surface area contributed by atoms with Gasteiger partial charge in [0, 0.05) is 30.1 Å². The van der Waals surface area contributed by atoms with E-state index in [1.54, 1.807) is 21.0 Å². The first-order valence-corrected chi connectivity index (χ1v) is 10.4. The van der Waals surface area contributed by atoms with Crippen LogP contribution in [-0.4, -0.2) is 44.3 Å². The number of methoxy groups -OCH3 is 1. The molecule has 0 unspecified atom stereocenters. The number of aliphatic hydroxyl groups is 1. The van der Waals surface area contributed by atoms with Crippen molar-refractivity contribution < 1.29 is 9.84 Å². The van der Waals surface area contributed by atoms with Crippen LogP contribution in [0.2, 0.25) is 0 Å². The highest BCUT2D eigenvalue weighted by molar-refractivity contribution is 5.79. The number of aromatic nitrogens is 4. The van der Waals surface area contributed by atoms with Gasteiger partial charge in [-0.15, -0.1) is 0 Å². The molecule has 4 N–H and O–H groups in total. The van der Waals surface area contributed by atoms with Crippen LogP contribution in [0.25, 0.3) is 11.4 Å². The van der Waals surface area contributed by atoms with Crippen molar-refractivity contribution in [2.24, 2.45) is 10.7 Å². The van der Waals surface area contributed by atoms with Gasteiger partial charge in [0.15, 0.2) is 5.82 Å². The molecule has 0 amide bonds. The molecule has 2 heterocycles. The molecule has 1 aliphatic rings. The highest BCUT2D eigenvalue weighted by Gasteiger charge is 2.34. The number of nitrogens with zero attached hydrogens (tertiary/aromatic N) is 4. The number of para-hydroxylation sites is 1. The molecule has 1 aromatic carbocycles. The lowest BCUT2D eigenvalue weighted by Crippen LogP contribution is -2.23. The van der Waals surface area contributed by atoms with Gasteiger partial charge in [-0.3, -0.25) is 10.1 Å². The Labute approximate surface area is 181 Å². The third-order valence-electron chi connectivity index (χ3n) is 5.59. The number of aromatic amines is 1. The molecule has 0 radical (unpaired) electrons. The number of pyridine rings is 1. The van der Waals surface area contributed by atoms with E-state index in [9.17, 15) is 5.11 Å². The van der Waals surface area contributed by atoms with E-state index in [2.05, 4.69) is 32.3 Å². The lowest BCUT2D eigenvalue weighted by molar-refractivity contribution is 0.0809. The minimum absolute atomic E-state index is 0.316. The fourth-order valence-electron chi connectivity index (χ4n) is 4.02. The van der Waals surface area contributed by atoms with Gasteiger partial charge in [0.05, 0.1) is 24.6 Å². The van der Waals surface area contributed by atoms with Crippen LogP contribution >= 0.6 is 0 Å². The van der Waals surface area contributed by atoms with Gasteiger partial charge in [0.2, 0.25) is 0 Å². The fourth-order valence-corrected chi connectivity index (χ4v) is 4.02. The van der Waals surface area contributed by atoms with Crippen molar-refractivity contribution in [1.29, 1.82) is 0 Å². The van der Waals surface area contributed by atoms with E-state index in [0.29, 0.717) is 35.5 Å². The van der Waals surface area contributed by atoms with Gasteiger partial charge in [0.25, 0.3) is 0 Å². The normalized spacial score (nSPS) is 18.8. The van der Waals surface area contributed by atoms with E-state index < -0.39 is 5.60 Å². The number of aliphatic imine (C=N–C) groups is 1. The van der Waals surface area contributed by atoms with Crippen LogP contribution in [0.15, 0.2) is 41.5 Å². The third-order valence-corrected chi connectivity index (χ3v) is 5.59. The molecular formula is C23H28N6O2. The SMILES string of the molecule is COc1cccc(-c2n[nH]c(C3CC(c4ccc(CC(C)(C)O)cn4)C3)n2)c1N=CN. The number of ether oxygens (including phenoxy) is 1. The Morgan fingerprint density at radius 1 is 1.26 bits per heavy atom. The molecule has 0 aliphatic heterocycles. The predicted octanol–water partition coefficient (Wildman–Crippen LogP) is 3.47. The highest BCUT2D eigenvalue weighted by Crippen LogP contribution is 2.46. The smallest absolute Gasteiger partial charge is 0.183 e. The second-order valence-corrected chi connectivity index (χ2v) is 8.62. The first kappa shape index (κ1) is 21.0. The zero-order valence-electron chi connectivity index (χ0n) is 18.0. The predicted molar refractivity (Wildman–Crippen MR) is 120 cm³/mol. The first-order chi connectivity index (χ1) is 14.9. The zero-order chi connectivity index (χ0) is 22.0. The van der Waals surface area contributed by atoms with E-state index in [0.717, 1.165) is 35.5 Å². The van der Waals surface area contributed by atoms with E-state index in [1.165, 1.54) is 6.34 Å². The van der Waals surface area contributed by atoms with Crippen molar-refractivity contribution in [3.63, 3.8) is 0 Å².